The lowest BCUT2D eigenvalue weighted by Gasteiger charge is -2.32. The first-order valence-corrected chi connectivity index (χ1v) is 17.5. The van der Waals surface area contributed by atoms with E-state index in [0.717, 1.165) is 28.1 Å². The van der Waals surface area contributed by atoms with Gasteiger partial charge < -0.3 is 5.32 Å². The molecule has 1 aliphatic heterocycles. The maximum Gasteiger partial charge on any atom is 0.206 e. The Hall–Kier alpha value is -6.49. The molecule has 1 aromatic heterocycles. The number of rotatable bonds is 4. The maximum atomic E-state index is 5.31. The zero-order valence-corrected chi connectivity index (χ0v) is 27.9. The van der Waals surface area contributed by atoms with Crippen molar-refractivity contribution < 1.29 is 0 Å². The van der Waals surface area contributed by atoms with Crippen molar-refractivity contribution in [2.24, 2.45) is 4.99 Å². The van der Waals surface area contributed by atoms with Crippen LogP contribution in [0.3, 0.4) is 0 Å². The van der Waals surface area contributed by atoms with Gasteiger partial charge in [-0.3, -0.25) is 9.88 Å². The summed E-state index contributed by atoms with van der Waals surface area (Å²) in [6.07, 6.45) is -0.325. The van der Waals surface area contributed by atoms with Gasteiger partial charge in [0.25, 0.3) is 0 Å². The van der Waals surface area contributed by atoms with Gasteiger partial charge in [-0.05, 0) is 85.3 Å². The van der Waals surface area contributed by atoms with E-state index in [1.807, 2.05) is 0 Å². The molecule has 51 heavy (non-hydrogen) atoms. The van der Waals surface area contributed by atoms with Crippen molar-refractivity contribution in [2.75, 3.05) is 0 Å². The monoisotopic (exact) mass is 654 g/mol. The minimum Gasteiger partial charge on any atom is -0.336 e. The summed E-state index contributed by atoms with van der Waals surface area (Å²) in [5, 5.41) is 14.9. The number of aliphatic imine (C=N–C) groups is 1. The van der Waals surface area contributed by atoms with Crippen LogP contribution in [0.5, 0.6) is 0 Å². The number of aromatic nitrogens is 1. The van der Waals surface area contributed by atoms with Crippen LogP contribution < -0.4 is 10.6 Å². The minimum absolute atomic E-state index is 0.116. The van der Waals surface area contributed by atoms with Crippen molar-refractivity contribution in [3.05, 3.63) is 193 Å². The number of nitrogens with one attached hydrogen (secondary N) is 2. The van der Waals surface area contributed by atoms with Crippen molar-refractivity contribution in [1.82, 2.24) is 15.2 Å². The minimum atomic E-state index is -0.209. The van der Waals surface area contributed by atoms with Crippen molar-refractivity contribution in [1.29, 1.82) is 0 Å². The Morgan fingerprint density at radius 1 is 0.431 bits per heavy atom. The Morgan fingerprint density at radius 3 is 1.73 bits per heavy atom. The van der Waals surface area contributed by atoms with Gasteiger partial charge in [-0.2, -0.15) is 0 Å². The molecule has 9 aromatic rings. The third kappa shape index (κ3) is 5.16. The fourth-order valence-corrected chi connectivity index (χ4v) is 7.72. The molecule has 2 N–H and O–H groups in total. The second kappa shape index (κ2) is 12.1. The van der Waals surface area contributed by atoms with Gasteiger partial charge in [0.15, 0.2) is 0 Å². The smallest absolute Gasteiger partial charge is 0.206 e. The SMILES string of the molecule is c1ccc(-c2ccc3cc(-c4ccc5c(ccc6c5c5ccccc5n6C5=NC(c6ccccc6)NC(c6ccccc6)N5)c4)ccc3c2)cc1. The molecule has 2 heterocycles. The van der Waals surface area contributed by atoms with Crippen molar-refractivity contribution in [3.63, 3.8) is 0 Å². The molecule has 0 spiro atoms. The van der Waals surface area contributed by atoms with Crippen LogP contribution in [0.15, 0.2) is 187 Å². The Bertz CT molecular complexity index is 2750. The van der Waals surface area contributed by atoms with Crippen LogP contribution in [0.1, 0.15) is 23.5 Å². The molecule has 8 aromatic carbocycles. The van der Waals surface area contributed by atoms with Crippen molar-refractivity contribution in [2.45, 2.75) is 12.3 Å². The van der Waals surface area contributed by atoms with Gasteiger partial charge in [-0.25, -0.2) is 4.99 Å². The molecule has 0 saturated carbocycles. The van der Waals surface area contributed by atoms with E-state index in [1.165, 1.54) is 54.6 Å². The summed E-state index contributed by atoms with van der Waals surface area (Å²) < 4.78 is 2.30. The molecule has 0 radical (unpaired) electrons. The molecule has 4 heteroatoms. The van der Waals surface area contributed by atoms with Crippen LogP contribution >= 0.6 is 0 Å². The summed E-state index contributed by atoms with van der Waals surface area (Å²) in [6.45, 7) is 0. The molecule has 0 amide bonds. The van der Waals surface area contributed by atoms with E-state index in [2.05, 4.69) is 197 Å². The summed E-state index contributed by atoms with van der Waals surface area (Å²) in [4.78, 5) is 5.31. The van der Waals surface area contributed by atoms with Crippen molar-refractivity contribution in [3.8, 4) is 22.3 Å². The Kier molecular flexibility index (Phi) is 7.00. The van der Waals surface area contributed by atoms with Crippen LogP contribution in [-0.4, -0.2) is 10.5 Å². The molecule has 0 fully saturated rings. The van der Waals surface area contributed by atoms with E-state index >= 15 is 0 Å². The normalized spacial score (nSPS) is 16.0. The van der Waals surface area contributed by atoms with Gasteiger partial charge in [0.2, 0.25) is 5.96 Å². The molecule has 4 nitrogen and oxygen atoms in total. The molecule has 2 atom stereocenters. The predicted octanol–water partition coefficient (Wildman–Crippen LogP) is 11.2. The first-order valence-electron chi connectivity index (χ1n) is 17.5. The fraction of sp³-hybridized carbons (Fsp3) is 0.0426. The zero-order chi connectivity index (χ0) is 33.7. The first-order chi connectivity index (χ1) is 25.3. The van der Waals surface area contributed by atoms with Crippen LogP contribution in [0, 0.1) is 0 Å². The average Bonchev–Trinajstić information content (AvgIpc) is 3.56. The van der Waals surface area contributed by atoms with E-state index < -0.39 is 0 Å². The van der Waals surface area contributed by atoms with E-state index in [0.29, 0.717) is 0 Å². The molecule has 242 valence electrons. The number of hydrogen-bond donors (Lipinski definition) is 2. The number of benzene rings is 8. The second-order valence-corrected chi connectivity index (χ2v) is 13.3. The Labute approximate surface area is 296 Å². The lowest BCUT2D eigenvalue weighted by atomic mass is 9.95. The van der Waals surface area contributed by atoms with Gasteiger partial charge in [0.1, 0.15) is 12.3 Å². The third-order valence-corrected chi connectivity index (χ3v) is 10.2. The molecule has 2 unspecified atom stereocenters. The largest absolute Gasteiger partial charge is 0.336 e. The summed E-state index contributed by atoms with van der Waals surface area (Å²) >= 11 is 0. The second-order valence-electron chi connectivity index (χ2n) is 13.3. The Balaban J connectivity index is 1.09. The summed E-state index contributed by atoms with van der Waals surface area (Å²) in [7, 11) is 0. The molecule has 10 rings (SSSR count). The summed E-state index contributed by atoms with van der Waals surface area (Å²) in [5.74, 6) is 0.824. The first kappa shape index (κ1) is 29.4. The summed E-state index contributed by atoms with van der Waals surface area (Å²) in [5.41, 5.74) is 9.44. The lowest BCUT2D eigenvalue weighted by molar-refractivity contribution is 0.403. The highest BCUT2D eigenvalue weighted by Crippen LogP contribution is 2.38. The number of nitrogens with zero attached hydrogens (tertiary/aromatic N) is 2. The topological polar surface area (TPSA) is 41.4 Å². The van der Waals surface area contributed by atoms with Gasteiger partial charge in [0, 0.05) is 10.8 Å². The molecule has 0 saturated heterocycles. The highest BCUT2D eigenvalue weighted by atomic mass is 15.4. The van der Waals surface area contributed by atoms with Gasteiger partial charge in [-0.1, -0.05) is 152 Å². The maximum absolute atomic E-state index is 5.31. The molecular weight excluding hydrogens is 621 g/mol. The lowest BCUT2D eigenvalue weighted by Crippen LogP contribution is -2.47. The van der Waals surface area contributed by atoms with E-state index in [4.69, 9.17) is 4.99 Å². The van der Waals surface area contributed by atoms with E-state index in [1.54, 1.807) is 0 Å². The van der Waals surface area contributed by atoms with Gasteiger partial charge in [0.05, 0.1) is 11.0 Å². The predicted molar refractivity (Wildman–Crippen MR) is 213 cm³/mol. The van der Waals surface area contributed by atoms with E-state index in [-0.39, 0.29) is 12.3 Å². The Morgan fingerprint density at radius 2 is 1.00 bits per heavy atom. The molecular formula is C47H34N4. The van der Waals surface area contributed by atoms with Crippen LogP contribution in [0.2, 0.25) is 0 Å². The highest BCUT2D eigenvalue weighted by Gasteiger charge is 2.27. The number of fused-ring (bicyclic) bond motifs is 6. The van der Waals surface area contributed by atoms with Gasteiger partial charge in [-0.15, -0.1) is 0 Å². The van der Waals surface area contributed by atoms with Crippen molar-refractivity contribution >= 4 is 49.3 Å². The third-order valence-electron chi connectivity index (χ3n) is 10.2. The van der Waals surface area contributed by atoms with Crippen LogP contribution in [0.4, 0.5) is 0 Å². The summed E-state index contributed by atoms with van der Waals surface area (Å²) in [6, 6.07) is 65.2. The number of para-hydroxylation sites is 1. The van der Waals surface area contributed by atoms with E-state index in [9.17, 15) is 0 Å². The average molecular weight is 655 g/mol. The molecule has 1 aliphatic rings. The zero-order valence-electron chi connectivity index (χ0n) is 27.9. The van der Waals surface area contributed by atoms with Gasteiger partial charge >= 0.3 is 0 Å². The van der Waals surface area contributed by atoms with Crippen LogP contribution in [-0.2, 0) is 0 Å². The quantitative estimate of drug-likeness (QED) is 0.198. The molecule has 0 bridgehead atoms. The molecule has 0 aliphatic carbocycles. The standard InChI is InChI=1S/C47H34N4/c1-4-12-31(13-5-1)34-20-21-36-29-37(23-22-35(36)28-34)38-24-26-40-39(30-38)25-27-43-44(40)41-18-10-11-19-42(41)51(43)47-49-45(32-14-6-2-7-15-32)48-46(50-47)33-16-8-3-9-17-33/h1-30,45-46,48H,(H,49,50). The van der Waals surface area contributed by atoms with Crippen LogP contribution in [0.25, 0.3) is 65.6 Å². The fourth-order valence-electron chi connectivity index (χ4n) is 7.72. The highest BCUT2D eigenvalue weighted by molar-refractivity contribution is 6.23. The number of hydrogen-bond acceptors (Lipinski definition) is 3.